The van der Waals surface area contributed by atoms with E-state index in [9.17, 15) is 9.59 Å². The van der Waals surface area contributed by atoms with Gasteiger partial charge in [-0.3, -0.25) is 9.59 Å². The van der Waals surface area contributed by atoms with Crippen molar-refractivity contribution >= 4 is 22.6 Å². The van der Waals surface area contributed by atoms with Crippen molar-refractivity contribution in [1.82, 2.24) is 9.97 Å². The molecule has 0 unspecified atom stereocenters. The van der Waals surface area contributed by atoms with E-state index in [1.54, 1.807) is 18.2 Å². The molecule has 1 aliphatic rings. The van der Waals surface area contributed by atoms with Crippen LogP contribution in [0.15, 0.2) is 42.7 Å². The molecule has 2 N–H and O–H groups in total. The number of primary amides is 1. The third kappa shape index (κ3) is 1.45. The Balaban J connectivity index is 2.23. The van der Waals surface area contributed by atoms with Gasteiger partial charge in [0.15, 0.2) is 5.78 Å². The molecule has 0 saturated carbocycles. The molecule has 1 aliphatic carbocycles. The van der Waals surface area contributed by atoms with Crippen molar-refractivity contribution in [3.63, 3.8) is 0 Å². The summed E-state index contributed by atoms with van der Waals surface area (Å²) in [6.45, 7) is 0. The number of fused-ring (bicyclic) bond motifs is 2. The van der Waals surface area contributed by atoms with Gasteiger partial charge >= 0.3 is 0 Å². The summed E-state index contributed by atoms with van der Waals surface area (Å²) >= 11 is 0. The zero-order chi connectivity index (χ0) is 14.6. The number of nitrogens with zero attached hydrogens (tertiary/aromatic N) is 2. The van der Waals surface area contributed by atoms with Crippen LogP contribution in [0.3, 0.4) is 0 Å². The number of nitrogens with two attached hydrogens (primary N) is 1. The van der Waals surface area contributed by atoms with Crippen molar-refractivity contribution in [2.24, 2.45) is 5.73 Å². The third-order valence-electron chi connectivity index (χ3n) is 3.73. The monoisotopic (exact) mass is 275 g/mol. The zero-order valence-electron chi connectivity index (χ0n) is 10.8. The largest absolute Gasteiger partial charge is 0.366 e. The van der Waals surface area contributed by atoms with Crippen LogP contribution in [0.1, 0.15) is 26.3 Å². The van der Waals surface area contributed by atoms with Crippen LogP contribution in [0, 0.1) is 0 Å². The van der Waals surface area contributed by atoms with Crippen LogP contribution in [0.2, 0.25) is 0 Å². The lowest BCUT2D eigenvalue weighted by atomic mass is 9.86. The minimum absolute atomic E-state index is 0.0890. The van der Waals surface area contributed by atoms with Crippen molar-refractivity contribution in [1.29, 1.82) is 0 Å². The number of amides is 1. The summed E-state index contributed by atoms with van der Waals surface area (Å²) in [7, 11) is 0. The molecule has 0 aliphatic heterocycles. The molecule has 0 atom stereocenters. The van der Waals surface area contributed by atoms with Gasteiger partial charge in [-0.1, -0.05) is 24.3 Å². The predicted molar refractivity (Wildman–Crippen MR) is 76.9 cm³/mol. The van der Waals surface area contributed by atoms with Crippen LogP contribution in [-0.2, 0) is 0 Å². The average molecular weight is 275 g/mol. The lowest BCUT2D eigenvalue weighted by molar-refractivity contribution is 0.0998. The Bertz CT molecular complexity index is 947. The van der Waals surface area contributed by atoms with E-state index in [2.05, 4.69) is 9.97 Å². The van der Waals surface area contributed by atoms with Crippen molar-refractivity contribution in [3.05, 3.63) is 59.4 Å². The number of hydrogen-bond donors (Lipinski definition) is 1. The van der Waals surface area contributed by atoms with E-state index in [0.717, 1.165) is 5.56 Å². The molecule has 0 spiro atoms. The van der Waals surface area contributed by atoms with Crippen LogP contribution in [0.5, 0.6) is 0 Å². The summed E-state index contributed by atoms with van der Waals surface area (Å²) in [6, 6.07) is 10.4. The van der Waals surface area contributed by atoms with E-state index in [1.165, 1.54) is 6.33 Å². The molecular formula is C16H9N3O2. The number of aromatic nitrogens is 2. The number of carbonyl (C=O) groups is 2. The highest BCUT2D eigenvalue weighted by atomic mass is 16.1. The molecule has 4 rings (SSSR count). The number of rotatable bonds is 1. The second-order valence-electron chi connectivity index (χ2n) is 4.85. The lowest BCUT2D eigenvalue weighted by Crippen LogP contribution is -2.16. The molecular weight excluding hydrogens is 266 g/mol. The first-order valence-corrected chi connectivity index (χ1v) is 6.40. The topological polar surface area (TPSA) is 85.9 Å². The molecule has 0 fully saturated rings. The molecule has 1 amide bonds. The fraction of sp³-hybridized carbons (Fsp3) is 0. The molecule has 0 bridgehead atoms. The fourth-order valence-corrected chi connectivity index (χ4v) is 2.80. The molecule has 2 aromatic carbocycles. The SMILES string of the molecule is NC(=O)c1ccc2c3c(ncnc13)-c1ccccc1C2=O. The highest BCUT2D eigenvalue weighted by molar-refractivity contribution is 6.26. The summed E-state index contributed by atoms with van der Waals surface area (Å²) in [5, 5.41) is 0.595. The van der Waals surface area contributed by atoms with Gasteiger partial charge in [0.25, 0.3) is 5.91 Å². The van der Waals surface area contributed by atoms with Gasteiger partial charge in [0.05, 0.1) is 16.8 Å². The second kappa shape index (κ2) is 3.96. The van der Waals surface area contributed by atoms with Gasteiger partial charge in [-0.25, -0.2) is 9.97 Å². The molecule has 21 heavy (non-hydrogen) atoms. The second-order valence-corrected chi connectivity index (χ2v) is 4.85. The number of ketones is 1. The standard InChI is InChI=1S/C16H9N3O2/c17-16(21)11-6-5-10-12-13(18-7-19-14(11)12)8-3-1-2-4-9(8)15(10)20/h1-7H,(H2,17,21). The Morgan fingerprint density at radius 1 is 0.952 bits per heavy atom. The van der Waals surface area contributed by atoms with Crippen LogP contribution >= 0.6 is 0 Å². The first-order chi connectivity index (χ1) is 10.2. The maximum absolute atomic E-state index is 12.6. The van der Waals surface area contributed by atoms with Crippen molar-refractivity contribution in [2.75, 3.05) is 0 Å². The van der Waals surface area contributed by atoms with E-state index < -0.39 is 5.91 Å². The Hall–Kier alpha value is -3.08. The minimum Gasteiger partial charge on any atom is -0.366 e. The van der Waals surface area contributed by atoms with Crippen molar-refractivity contribution < 1.29 is 9.59 Å². The predicted octanol–water partition coefficient (Wildman–Crippen LogP) is 1.94. The van der Waals surface area contributed by atoms with Crippen LogP contribution in [0.4, 0.5) is 0 Å². The number of hydrogen-bond acceptors (Lipinski definition) is 4. The Kier molecular flexibility index (Phi) is 2.21. The van der Waals surface area contributed by atoms with Gasteiger partial charge in [-0.05, 0) is 12.1 Å². The van der Waals surface area contributed by atoms with Gasteiger partial charge in [0.1, 0.15) is 6.33 Å². The minimum atomic E-state index is -0.572. The highest BCUT2D eigenvalue weighted by Crippen LogP contribution is 2.37. The van der Waals surface area contributed by atoms with Gasteiger partial charge in [-0.15, -0.1) is 0 Å². The Morgan fingerprint density at radius 2 is 1.71 bits per heavy atom. The Morgan fingerprint density at radius 3 is 2.48 bits per heavy atom. The lowest BCUT2D eigenvalue weighted by Gasteiger charge is -2.18. The molecule has 1 heterocycles. The van der Waals surface area contributed by atoms with E-state index in [1.807, 2.05) is 18.2 Å². The van der Waals surface area contributed by atoms with Crippen molar-refractivity contribution in [2.45, 2.75) is 0 Å². The fourth-order valence-electron chi connectivity index (χ4n) is 2.80. The number of benzene rings is 2. The van der Waals surface area contributed by atoms with Crippen molar-refractivity contribution in [3.8, 4) is 11.3 Å². The normalized spacial score (nSPS) is 12.3. The maximum Gasteiger partial charge on any atom is 0.250 e. The molecule has 1 aromatic heterocycles. The summed E-state index contributed by atoms with van der Waals surface area (Å²) in [5.74, 6) is -0.661. The smallest absolute Gasteiger partial charge is 0.250 e. The quantitative estimate of drug-likeness (QED) is 0.575. The summed E-state index contributed by atoms with van der Waals surface area (Å²) < 4.78 is 0. The number of carbonyl (C=O) groups excluding carboxylic acids is 2. The zero-order valence-corrected chi connectivity index (χ0v) is 10.8. The van der Waals surface area contributed by atoms with E-state index >= 15 is 0 Å². The van der Waals surface area contributed by atoms with Crippen LogP contribution in [0.25, 0.3) is 22.2 Å². The third-order valence-corrected chi connectivity index (χ3v) is 3.73. The first kappa shape index (κ1) is 11.7. The molecule has 5 nitrogen and oxygen atoms in total. The van der Waals surface area contributed by atoms with Crippen LogP contribution in [-0.4, -0.2) is 21.7 Å². The Labute approximate surface area is 119 Å². The molecule has 5 heteroatoms. The molecule has 0 saturated heterocycles. The average Bonchev–Trinajstić information content (AvgIpc) is 2.51. The molecule has 0 radical (unpaired) electrons. The van der Waals surface area contributed by atoms with Gasteiger partial charge in [0, 0.05) is 22.1 Å². The maximum atomic E-state index is 12.6. The van der Waals surface area contributed by atoms with Crippen LogP contribution < -0.4 is 5.73 Å². The van der Waals surface area contributed by atoms with E-state index in [0.29, 0.717) is 33.3 Å². The molecule has 3 aromatic rings. The summed E-state index contributed by atoms with van der Waals surface area (Å²) in [4.78, 5) is 32.6. The summed E-state index contributed by atoms with van der Waals surface area (Å²) in [6.07, 6.45) is 1.39. The molecule has 100 valence electrons. The highest BCUT2D eigenvalue weighted by Gasteiger charge is 2.27. The van der Waals surface area contributed by atoms with E-state index in [4.69, 9.17) is 5.73 Å². The van der Waals surface area contributed by atoms with E-state index in [-0.39, 0.29) is 5.78 Å². The summed E-state index contributed by atoms with van der Waals surface area (Å²) in [5.41, 5.74) is 8.63. The van der Waals surface area contributed by atoms with Gasteiger partial charge in [-0.2, -0.15) is 0 Å². The van der Waals surface area contributed by atoms with Gasteiger partial charge < -0.3 is 5.73 Å². The first-order valence-electron chi connectivity index (χ1n) is 6.40. The van der Waals surface area contributed by atoms with Gasteiger partial charge in [0.2, 0.25) is 0 Å².